The summed E-state index contributed by atoms with van der Waals surface area (Å²) in [5.41, 5.74) is 0.947. The maximum Gasteiger partial charge on any atom is 0.217 e. The van der Waals surface area contributed by atoms with Gasteiger partial charge in [0.05, 0.1) is 11.3 Å². The fraction of sp³-hybridized carbons (Fsp3) is 0.615. The van der Waals surface area contributed by atoms with Crippen molar-refractivity contribution >= 4 is 10.0 Å². The van der Waals surface area contributed by atoms with Crippen molar-refractivity contribution in [3.8, 4) is 0 Å². The average molecular weight is 282 g/mol. The molecule has 0 unspecified atom stereocenters. The molecule has 1 aromatic rings. The maximum absolute atomic E-state index is 12.3. The minimum atomic E-state index is -3.16. The number of ether oxygens (including phenoxy) is 1. The van der Waals surface area contributed by atoms with Gasteiger partial charge in [-0.05, 0) is 25.3 Å². The van der Waals surface area contributed by atoms with Crippen LogP contribution in [0.4, 0.5) is 0 Å². The van der Waals surface area contributed by atoms with E-state index < -0.39 is 10.0 Å². The number of sulfonamides is 1. The molecule has 0 bridgehead atoms. The van der Waals surface area contributed by atoms with Crippen molar-refractivity contribution in [3.63, 3.8) is 0 Å². The summed E-state index contributed by atoms with van der Waals surface area (Å²) in [4.78, 5) is 4.08. The van der Waals surface area contributed by atoms with E-state index in [-0.39, 0.29) is 17.4 Å². The molecule has 1 saturated heterocycles. The summed E-state index contributed by atoms with van der Waals surface area (Å²) in [6, 6.07) is 3.67. The Kier molecular flexibility index (Phi) is 3.32. The molecule has 2 aliphatic rings. The van der Waals surface area contributed by atoms with Crippen LogP contribution in [0, 0.1) is 0 Å². The Morgan fingerprint density at radius 1 is 1.37 bits per heavy atom. The highest BCUT2D eigenvalue weighted by Gasteiger charge is 2.44. The molecule has 0 N–H and O–H groups in total. The van der Waals surface area contributed by atoms with Gasteiger partial charge in [0.15, 0.2) is 0 Å². The molecular weight excluding hydrogens is 264 g/mol. The lowest BCUT2D eigenvalue weighted by molar-refractivity contribution is 0.0870. The van der Waals surface area contributed by atoms with Crippen molar-refractivity contribution in [2.75, 3.05) is 13.7 Å². The number of pyridine rings is 1. The van der Waals surface area contributed by atoms with Crippen molar-refractivity contribution in [1.82, 2.24) is 9.29 Å². The van der Waals surface area contributed by atoms with Gasteiger partial charge in [0.25, 0.3) is 0 Å². The van der Waals surface area contributed by atoms with E-state index >= 15 is 0 Å². The number of hydrogen-bond acceptors (Lipinski definition) is 4. The highest BCUT2D eigenvalue weighted by Crippen LogP contribution is 2.37. The van der Waals surface area contributed by atoms with Gasteiger partial charge in [-0.2, -0.15) is 4.31 Å². The lowest BCUT2D eigenvalue weighted by Crippen LogP contribution is -2.40. The van der Waals surface area contributed by atoms with Gasteiger partial charge < -0.3 is 4.74 Å². The lowest BCUT2D eigenvalue weighted by Gasteiger charge is -2.27. The number of hydrogen-bond donors (Lipinski definition) is 0. The smallest absolute Gasteiger partial charge is 0.217 e. The van der Waals surface area contributed by atoms with Crippen LogP contribution in [0.2, 0.25) is 0 Å². The van der Waals surface area contributed by atoms with Crippen molar-refractivity contribution in [2.45, 2.75) is 36.7 Å². The molecule has 2 heterocycles. The molecule has 1 aliphatic carbocycles. The fourth-order valence-electron chi connectivity index (χ4n) is 2.60. The topological polar surface area (TPSA) is 59.5 Å². The van der Waals surface area contributed by atoms with Crippen LogP contribution in [0.25, 0.3) is 0 Å². The zero-order valence-electron chi connectivity index (χ0n) is 10.9. The van der Waals surface area contributed by atoms with Gasteiger partial charge in [-0.25, -0.2) is 8.42 Å². The standard InChI is InChI=1S/C13H18N2O3S/c1-15(19(16,17)11-4-5-11)12-6-8-18-13(12)10-3-2-7-14-9-10/h2-3,7,9,11-13H,4-6,8H2,1H3/t12-,13+/m0/s1. The van der Waals surface area contributed by atoms with Crippen molar-refractivity contribution < 1.29 is 13.2 Å². The first-order chi connectivity index (χ1) is 9.10. The van der Waals surface area contributed by atoms with Crippen LogP contribution >= 0.6 is 0 Å². The normalized spacial score (nSPS) is 27.9. The molecule has 5 nitrogen and oxygen atoms in total. The lowest BCUT2D eigenvalue weighted by atomic mass is 10.0. The number of aromatic nitrogens is 1. The largest absolute Gasteiger partial charge is 0.372 e. The highest BCUT2D eigenvalue weighted by atomic mass is 32.2. The van der Waals surface area contributed by atoms with Gasteiger partial charge >= 0.3 is 0 Å². The van der Waals surface area contributed by atoms with E-state index in [2.05, 4.69) is 4.98 Å². The van der Waals surface area contributed by atoms with Crippen LogP contribution in [-0.4, -0.2) is 42.7 Å². The Bertz CT molecular complexity index is 542. The van der Waals surface area contributed by atoms with Crippen molar-refractivity contribution in [3.05, 3.63) is 30.1 Å². The highest BCUT2D eigenvalue weighted by molar-refractivity contribution is 7.90. The van der Waals surface area contributed by atoms with Gasteiger partial charge in [0.1, 0.15) is 6.10 Å². The molecule has 0 radical (unpaired) electrons. The van der Waals surface area contributed by atoms with E-state index in [0.29, 0.717) is 6.61 Å². The molecule has 2 fully saturated rings. The second-order valence-electron chi connectivity index (χ2n) is 5.19. The average Bonchev–Trinajstić information content (AvgIpc) is 3.18. The van der Waals surface area contributed by atoms with Crippen LogP contribution in [0.1, 0.15) is 30.9 Å². The molecule has 2 atom stereocenters. The molecule has 104 valence electrons. The van der Waals surface area contributed by atoms with Gasteiger partial charge in [0, 0.05) is 31.6 Å². The van der Waals surface area contributed by atoms with E-state index in [0.717, 1.165) is 24.8 Å². The van der Waals surface area contributed by atoms with E-state index in [4.69, 9.17) is 4.74 Å². The van der Waals surface area contributed by atoms with Gasteiger partial charge in [-0.15, -0.1) is 0 Å². The molecule has 0 spiro atoms. The Morgan fingerprint density at radius 3 is 2.79 bits per heavy atom. The fourth-order valence-corrected chi connectivity index (χ4v) is 4.40. The van der Waals surface area contributed by atoms with E-state index in [1.54, 1.807) is 19.4 Å². The minimum absolute atomic E-state index is 0.116. The van der Waals surface area contributed by atoms with Crippen molar-refractivity contribution in [2.24, 2.45) is 0 Å². The van der Waals surface area contributed by atoms with E-state index in [1.807, 2.05) is 12.1 Å². The summed E-state index contributed by atoms with van der Waals surface area (Å²) in [6.07, 6.45) is 5.57. The number of nitrogens with zero attached hydrogens (tertiary/aromatic N) is 2. The summed E-state index contributed by atoms with van der Waals surface area (Å²) in [6.45, 7) is 0.592. The number of rotatable bonds is 4. The first-order valence-electron chi connectivity index (χ1n) is 6.59. The quantitative estimate of drug-likeness (QED) is 0.836. The molecule has 6 heteroatoms. The monoisotopic (exact) mass is 282 g/mol. The third kappa shape index (κ3) is 2.40. The van der Waals surface area contributed by atoms with Crippen LogP contribution in [0.5, 0.6) is 0 Å². The maximum atomic E-state index is 12.3. The molecule has 3 rings (SSSR count). The van der Waals surface area contributed by atoms with E-state index in [1.165, 1.54) is 4.31 Å². The molecule has 1 aromatic heterocycles. The molecule has 0 aromatic carbocycles. The summed E-state index contributed by atoms with van der Waals surface area (Å²) >= 11 is 0. The zero-order valence-corrected chi connectivity index (χ0v) is 11.7. The predicted molar refractivity (Wildman–Crippen MR) is 71.0 cm³/mol. The first-order valence-corrected chi connectivity index (χ1v) is 8.09. The second-order valence-corrected chi connectivity index (χ2v) is 7.47. The summed E-state index contributed by atoms with van der Waals surface area (Å²) < 4.78 is 31.9. The summed E-state index contributed by atoms with van der Waals surface area (Å²) in [5, 5.41) is -0.173. The molecule has 19 heavy (non-hydrogen) atoms. The second kappa shape index (κ2) is 4.85. The minimum Gasteiger partial charge on any atom is -0.372 e. The van der Waals surface area contributed by atoms with Crippen LogP contribution in [0.15, 0.2) is 24.5 Å². The van der Waals surface area contributed by atoms with E-state index in [9.17, 15) is 8.42 Å². The van der Waals surface area contributed by atoms with Gasteiger partial charge in [-0.1, -0.05) is 6.07 Å². The zero-order chi connectivity index (χ0) is 13.5. The Balaban J connectivity index is 1.83. The third-order valence-electron chi connectivity index (χ3n) is 3.89. The first kappa shape index (κ1) is 13.0. The van der Waals surface area contributed by atoms with Crippen molar-refractivity contribution in [1.29, 1.82) is 0 Å². The molecule has 1 saturated carbocycles. The SMILES string of the molecule is CN([C@H]1CCO[C@@H]1c1cccnc1)S(=O)(=O)C1CC1. The number of likely N-dealkylation sites (N-methyl/N-ethyl adjacent to an activating group) is 1. The molecule has 0 amide bonds. The Hall–Kier alpha value is -0.980. The van der Waals surface area contributed by atoms with Gasteiger partial charge in [0.2, 0.25) is 10.0 Å². The Labute approximate surface area is 113 Å². The Morgan fingerprint density at radius 2 is 2.16 bits per heavy atom. The van der Waals surface area contributed by atoms with Crippen LogP contribution in [-0.2, 0) is 14.8 Å². The summed E-state index contributed by atoms with van der Waals surface area (Å²) in [7, 11) is -1.48. The molecule has 1 aliphatic heterocycles. The summed E-state index contributed by atoms with van der Waals surface area (Å²) in [5.74, 6) is 0. The molecular formula is C13H18N2O3S. The van der Waals surface area contributed by atoms with Crippen LogP contribution in [0.3, 0.4) is 0 Å². The predicted octanol–water partition coefficient (Wildman–Crippen LogP) is 1.34. The third-order valence-corrected chi connectivity index (χ3v) is 6.27. The van der Waals surface area contributed by atoms with Crippen LogP contribution < -0.4 is 0 Å². The van der Waals surface area contributed by atoms with Gasteiger partial charge in [-0.3, -0.25) is 4.98 Å².